The Morgan fingerprint density at radius 2 is 1.04 bits per heavy atom. The Morgan fingerprint density at radius 1 is 0.400 bits per heavy atom. The molecule has 0 atom stereocenters. The minimum Gasteiger partial charge on any atom is -0.454 e. The summed E-state index contributed by atoms with van der Waals surface area (Å²) < 4.78 is 9.24. The second-order valence-electron chi connectivity index (χ2n) is 11.7. The Hall–Kier alpha value is -5.64. The molecule has 2 nitrogen and oxygen atoms in total. The predicted octanol–water partition coefficient (Wildman–Crippen LogP) is 12.9. The van der Waals surface area contributed by atoms with E-state index in [4.69, 9.17) is 4.42 Å². The van der Waals surface area contributed by atoms with E-state index in [2.05, 4.69) is 150 Å². The third-order valence-electron chi connectivity index (χ3n) is 9.24. The van der Waals surface area contributed by atoms with Gasteiger partial charge in [0.05, 0.1) is 11.4 Å². The summed E-state index contributed by atoms with van der Waals surface area (Å²) in [7, 11) is 0. The second-order valence-corrected chi connectivity index (χ2v) is 12.8. The Balaban J connectivity index is 1.30. The van der Waals surface area contributed by atoms with Gasteiger partial charge in [-0.05, 0) is 69.4 Å². The molecule has 10 rings (SSSR count). The molecule has 0 saturated carbocycles. The third-order valence-corrected chi connectivity index (χ3v) is 10.4. The maximum Gasteiger partial charge on any atom is 0.159 e. The van der Waals surface area contributed by atoms with Crippen LogP contribution in [0, 0.1) is 0 Å². The van der Waals surface area contributed by atoms with E-state index >= 15 is 0 Å². The molecule has 45 heavy (non-hydrogen) atoms. The van der Waals surface area contributed by atoms with Crippen molar-refractivity contribution in [3.05, 3.63) is 152 Å². The fourth-order valence-corrected chi connectivity index (χ4v) is 8.29. The molecule has 0 fully saturated rings. The standard InChI is InChI=1S/C42H25NOS/c1-2-10-28-26(9-1)19-21-31-29-13-7-15-37(32(29)23-22-30(28)31)43(27-20-24-41-36(25-27)34-12-4-6-18-40(34)45-41)38-16-8-14-35-33-11-3-5-17-39(33)44-42(35)38/h1-25H. The maximum absolute atomic E-state index is 6.64. The lowest BCUT2D eigenvalue weighted by molar-refractivity contribution is 0.669. The van der Waals surface area contributed by atoms with Gasteiger partial charge in [-0.15, -0.1) is 11.3 Å². The molecule has 210 valence electrons. The van der Waals surface area contributed by atoms with E-state index in [1.165, 1.54) is 52.5 Å². The summed E-state index contributed by atoms with van der Waals surface area (Å²) in [4.78, 5) is 2.39. The SMILES string of the molecule is c1ccc2c(c1)ccc1c3cccc(N(c4ccc5sc6ccccc6c5c4)c4cccc5c4oc4ccccc45)c3ccc21. The Kier molecular flexibility index (Phi) is 5.19. The van der Waals surface area contributed by atoms with Gasteiger partial charge in [-0.3, -0.25) is 0 Å². The summed E-state index contributed by atoms with van der Waals surface area (Å²) >= 11 is 1.85. The van der Waals surface area contributed by atoms with Gasteiger partial charge in [0.15, 0.2) is 5.58 Å². The molecule has 8 aromatic carbocycles. The number of rotatable bonds is 3. The van der Waals surface area contributed by atoms with Crippen LogP contribution >= 0.6 is 11.3 Å². The van der Waals surface area contributed by atoms with Gasteiger partial charge >= 0.3 is 0 Å². The summed E-state index contributed by atoms with van der Waals surface area (Å²) in [5, 5.41) is 12.3. The van der Waals surface area contributed by atoms with Crippen LogP contribution in [0.25, 0.3) is 74.4 Å². The van der Waals surface area contributed by atoms with Crippen molar-refractivity contribution < 1.29 is 4.42 Å². The largest absolute Gasteiger partial charge is 0.454 e. The van der Waals surface area contributed by atoms with Crippen LogP contribution in [0.5, 0.6) is 0 Å². The van der Waals surface area contributed by atoms with Gasteiger partial charge in [-0.2, -0.15) is 0 Å². The van der Waals surface area contributed by atoms with E-state index in [0.29, 0.717) is 0 Å². The van der Waals surface area contributed by atoms with Gasteiger partial charge in [0.25, 0.3) is 0 Å². The first-order valence-electron chi connectivity index (χ1n) is 15.3. The van der Waals surface area contributed by atoms with Crippen molar-refractivity contribution >= 4 is 103 Å². The molecule has 3 heteroatoms. The monoisotopic (exact) mass is 591 g/mol. The smallest absolute Gasteiger partial charge is 0.159 e. The molecule has 0 aliphatic rings. The predicted molar refractivity (Wildman–Crippen MR) is 194 cm³/mol. The van der Waals surface area contributed by atoms with E-state index in [1.54, 1.807) is 0 Å². The average Bonchev–Trinajstić information content (AvgIpc) is 3.67. The molecule has 0 bridgehead atoms. The van der Waals surface area contributed by atoms with E-state index in [-0.39, 0.29) is 0 Å². The van der Waals surface area contributed by atoms with Gasteiger partial charge in [0.2, 0.25) is 0 Å². The fraction of sp³-hybridized carbons (Fsp3) is 0. The van der Waals surface area contributed by atoms with Crippen molar-refractivity contribution in [2.75, 3.05) is 4.90 Å². The number of fused-ring (bicyclic) bond motifs is 11. The molecule has 0 N–H and O–H groups in total. The van der Waals surface area contributed by atoms with E-state index in [9.17, 15) is 0 Å². The number of thiophene rings is 1. The highest BCUT2D eigenvalue weighted by Gasteiger charge is 2.22. The molecule has 0 aliphatic carbocycles. The van der Waals surface area contributed by atoms with E-state index < -0.39 is 0 Å². The normalized spacial score (nSPS) is 12.0. The van der Waals surface area contributed by atoms with Crippen molar-refractivity contribution in [3.8, 4) is 0 Å². The van der Waals surface area contributed by atoms with Gasteiger partial charge in [-0.1, -0.05) is 109 Å². The number of hydrogen-bond acceptors (Lipinski definition) is 3. The van der Waals surface area contributed by atoms with Crippen LogP contribution in [0.15, 0.2) is 156 Å². The molecule has 0 amide bonds. The molecular weight excluding hydrogens is 567 g/mol. The number of para-hydroxylation sites is 2. The highest BCUT2D eigenvalue weighted by atomic mass is 32.1. The number of nitrogens with zero attached hydrogens (tertiary/aromatic N) is 1. The fourth-order valence-electron chi connectivity index (χ4n) is 7.20. The molecule has 0 radical (unpaired) electrons. The zero-order chi connectivity index (χ0) is 29.5. The molecule has 2 heterocycles. The maximum atomic E-state index is 6.64. The van der Waals surface area contributed by atoms with Crippen LogP contribution in [0.3, 0.4) is 0 Å². The molecule has 0 saturated heterocycles. The molecule has 0 aliphatic heterocycles. The lowest BCUT2D eigenvalue weighted by atomic mass is 9.96. The number of furan rings is 1. The molecule has 0 unspecified atom stereocenters. The lowest BCUT2D eigenvalue weighted by Crippen LogP contribution is -2.10. The summed E-state index contributed by atoms with van der Waals surface area (Å²) in [6, 6.07) is 54.9. The first kappa shape index (κ1) is 24.8. The minimum absolute atomic E-state index is 0.887. The van der Waals surface area contributed by atoms with Gasteiger partial charge < -0.3 is 9.32 Å². The highest BCUT2D eigenvalue weighted by molar-refractivity contribution is 7.25. The van der Waals surface area contributed by atoms with Crippen LogP contribution < -0.4 is 4.90 Å². The van der Waals surface area contributed by atoms with E-state index in [0.717, 1.165) is 39.0 Å². The quantitative estimate of drug-likeness (QED) is 0.190. The number of anilines is 3. The molecule has 0 spiro atoms. The molecule has 2 aromatic heterocycles. The van der Waals surface area contributed by atoms with Crippen molar-refractivity contribution in [2.45, 2.75) is 0 Å². The lowest BCUT2D eigenvalue weighted by Gasteiger charge is -2.27. The van der Waals surface area contributed by atoms with Crippen molar-refractivity contribution in [1.82, 2.24) is 0 Å². The Labute approximate surface area is 263 Å². The summed E-state index contributed by atoms with van der Waals surface area (Å²) in [5.41, 5.74) is 5.03. The Bertz CT molecular complexity index is 2790. The zero-order valence-electron chi connectivity index (χ0n) is 24.2. The summed E-state index contributed by atoms with van der Waals surface area (Å²) in [6.07, 6.45) is 0. The topological polar surface area (TPSA) is 16.4 Å². The van der Waals surface area contributed by atoms with Crippen molar-refractivity contribution in [2.24, 2.45) is 0 Å². The average molecular weight is 592 g/mol. The van der Waals surface area contributed by atoms with Gasteiger partial charge in [0.1, 0.15) is 5.58 Å². The van der Waals surface area contributed by atoms with Crippen molar-refractivity contribution in [1.29, 1.82) is 0 Å². The van der Waals surface area contributed by atoms with Gasteiger partial charge in [-0.25, -0.2) is 0 Å². The second kappa shape index (κ2) is 9.43. The minimum atomic E-state index is 0.887. The van der Waals surface area contributed by atoms with Crippen LogP contribution in [0.4, 0.5) is 17.1 Å². The molecular formula is C42H25NOS. The summed E-state index contributed by atoms with van der Waals surface area (Å²) in [5.74, 6) is 0. The van der Waals surface area contributed by atoms with Crippen LogP contribution in [0.1, 0.15) is 0 Å². The number of benzene rings is 8. The number of hydrogen-bond donors (Lipinski definition) is 0. The van der Waals surface area contributed by atoms with Crippen LogP contribution in [0.2, 0.25) is 0 Å². The van der Waals surface area contributed by atoms with Gasteiger partial charge in [0, 0.05) is 42.0 Å². The highest BCUT2D eigenvalue weighted by Crippen LogP contribution is 2.47. The van der Waals surface area contributed by atoms with Crippen LogP contribution in [-0.2, 0) is 0 Å². The first-order valence-corrected chi connectivity index (χ1v) is 16.1. The summed E-state index contributed by atoms with van der Waals surface area (Å²) in [6.45, 7) is 0. The van der Waals surface area contributed by atoms with E-state index in [1.807, 2.05) is 17.4 Å². The van der Waals surface area contributed by atoms with Crippen molar-refractivity contribution in [3.63, 3.8) is 0 Å². The third kappa shape index (κ3) is 3.62. The van der Waals surface area contributed by atoms with Crippen LogP contribution in [-0.4, -0.2) is 0 Å². The Morgan fingerprint density at radius 3 is 1.98 bits per heavy atom. The first-order chi connectivity index (χ1) is 22.3. The zero-order valence-corrected chi connectivity index (χ0v) is 25.0. The molecule has 10 aromatic rings.